The van der Waals surface area contributed by atoms with Gasteiger partial charge < -0.3 is 19.5 Å². The van der Waals surface area contributed by atoms with E-state index in [1.54, 1.807) is 6.92 Å². The number of hydrogen-bond acceptors (Lipinski definition) is 6. The Bertz CT molecular complexity index is 979. The summed E-state index contributed by atoms with van der Waals surface area (Å²) in [5, 5.41) is 2.84. The molecule has 0 fully saturated rings. The molecule has 0 radical (unpaired) electrons. The van der Waals surface area contributed by atoms with Gasteiger partial charge in [0.2, 0.25) is 17.6 Å². The molecule has 34 heavy (non-hydrogen) atoms. The Labute approximate surface area is 200 Å². The molecular weight excluding hydrogens is 438 g/mol. The zero-order valence-corrected chi connectivity index (χ0v) is 20.5. The number of ether oxygens (including phenoxy) is 3. The van der Waals surface area contributed by atoms with E-state index >= 15 is 0 Å². The first-order valence-electron chi connectivity index (χ1n) is 11.0. The van der Waals surface area contributed by atoms with Gasteiger partial charge >= 0.3 is 0 Å². The van der Waals surface area contributed by atoms with E-state index in [2.05, 4.69) is 30.0 Å². The van der Waals surface area contributed by atoms with Gasteiger partial charge in [-0.05, 0) is 41.7 Å². The lowest BCUT2D eigenvalue weighted by molar-refractivity contribution is -0.123. The lowest BCUT2D eigenvalue weighted by Gasteiger charge is -2.15. The van der Waals surface area contributed by atoms with Gasteiger partial charge in [0.15, 0.2) is 11.5 Å². The first kappa shape index (κ1) is 26.5. The van der Waals surface area contributed by atoms with Crippen LogP contribution >= 0.6 is 0 Å². The SMILES string of the molecule is COc1cc(C(=O)NNC(=O)CC(C)CC(=O)Nc2ccc(C(C)C)cc2)cc(OC)c1OC. The van der Waals surface area contributed by atoms with Gasteiger partial charge in [-0.3, -0.25) is 25.2 Å². The summed E-state index contributed by atoms with van der Waals surface area (Å²) in [4.78, 5) is 37.0. The van der Waals surface area contributed by atoms with E-state index in [1.165, 1.54) is 39.0 Å². The summed E-state index contributed by atoms with van der Waals surface area (Å²) in [5.74, 6) is 0.0250. The van der Waals surface area contributed by atoms with Crippen LogP contribution in [0.5, 0.6) is 17.2 Å². The second-order valence-electron chi connectivity index (χ2n) is 8.25. The van der Waals surface area contributed by atoms with E-state index in [0.29, 0.717) is 28.9 Å². The topological polar surface area (TPSA) is 115 Å². The Kier molecular flexibility index (Phi) is 9.73. The smallest absolute Gasteiger partial charge is 0.269 e. The molecule has 3 amide bonds. The Morgan fingerprint density at radius 2 is 1.35 bits per heavy atom. The van der Waals surface area contributed by atoms with Crippen LogP contribution in [0.3, 0.4) is 0 Å². The minimum Gasteiger partial charge on any atom is -0.493 e. The number of benzene rings is 2. The number of carbonyl (C=O) groups excluding carboxylic acids is 3. The maximum absolute atomic E-state index is 12.5. The van der Waals surface area contributed by atoms with E-state index in [0.717, 1.165) is 0 Å². The van der Waals surface area contributed by atoms with E-state index in [9.17, 15) is 14.4 Å². The average molecular weight is 472 g/mol. The normalized spacial score (nSPS) is 11.4. The minimum absolute atomic E-state index is 0.0647. The molecule has 0 aliphatic heterocycles. The molecule has 3 N–H and O–H groups in total. The van der Waals surface area contributed by atoms with Crippen molar-refractivity contribution < 1.29 is 28.6 Å². The van der Waals surface area contributed by atoms with Crippen molar-refractivity contribution >= 4 is 23.4 Å². The van der Waals surface area contributed by atoms with Gasteiger partial charge in [-0.25, -0.2) is 0 Å². The summed E-state index contributed by atoms with van der Waals surface area (Å²) in [6, 6.07) is 10.6. The zero-order valence-electron chi connectivity index (χ0n) is 20.5. The third-order valence-corrected chi connectivity index (χ3v) is 5.17. The maximum atomic E-state index is 12.5. The minimum atomic E-state index is -0.553. The van der Waals surface area contributed by atoms with Crippen molar-refractivity contribution in [1.82, 2.24) is 10.9 Å². The van der Waals surface area contributed by atoms with Gasteiger partial charge in [0, 0.05) is 24.1 Å². The number of methoxy groups -OCH3 is 3. The summed E-state index contributed by atoms with van der Waals surface area (Å²) in [6.07, 6.45) is 0.232. The fourth-order valence-corrected chi connectivity index (χ4v) is 3.33. The Morgan fingerprint density at radius 1 is 0.794 bits per heavy atom. The zero-order chi connectivity index (χ0) is 25.3. The predicted octanol–water partition coefficient (Wildman–Crippen LogP) is 3.65. The number of rotatable bonds is 10. The average Bonchev–Trinajstić information content (AvgIpc) is 2.81. The van der Waals surface area contributed by atoms with E-state index in [-0.39, 0.29) is 30.2 Å². The molecule has 1 atom stereocenters. The van der Waals surface area contributed by atoms with Gasteiger partial charge in [0.05, 0.1) is 21.3 Å². The molecule has 0 saturated heterocycles. The van der Waals surface area contributed by atoms with Crippen molar-refractivity contribution in [2.75, 3.05) is 26.6 Å². The lowest BCUT2D eigenvalue weighted by Crippen LogP contribution is -2.42. The van der Waals surface area contributed by atoms with Crippen LogP contribution in [0.2, 0.25) is 0 Å². The number of amides is 3. The number of hydrogen-bond donors (Lipinski definition) is 3. The molecular formula is C25H33N3O6. The predicted molar refractivity (Wildman–Crippen MR) is 129 cm³/mol. The summed E-state index contributed by atoms with van der Waals surface area (Å²) >= 11 is 0. The summed E-state index contributed by atoms with van der Waals surface area (Å²) in [7, 11) is 4.35. The number of anilines is 1. The maximum Gasteiger partial charge on any atom is 0.269 e. The van der Waals surface area contributed by atoms with Crippen LogP contribution in [0.25, 0.3) is 0 Å². The highest BCUT2D eigenvalue weighted by Gasteiger charge is 2.18. The monoisotopic (exact) mass is 471 g/mol. The summed E-state index contributed by atoms with van der Waals surface area (Å²) < 4.78 is 15.7. The van der Waals surface area contributed by atoms with Gasteiger partial charge in [0.1, 0.15) is 0 Å². The Balaban J connectivity index is 1.85. The molecule has 0 saturated carbocycles. The first-order valence-corrected chi connectivity index (χ1v) is 11.0. The highest BCUT2D eigenvalue weighted by molar-refractivity contribution is 5.96. The third-order valence-electron chi connectivity index (χ3n) is 5.17. The molecule has 9 heteroatoms. The highest BCUT2D eigenvalue weighted by atomic mass is 16.5. The van der Waals surface area contributed by atoms with Gasteiger partial charge in [0.25, 0.3) is 5.91 Å². The molecule has 2 rings (SSSR count). The van der Waals surface area contributed by atoms with Crippen molar-refractivity contribution in [1.29, 1.82) is 0 Å². The van der Waals surface area contributed by atoms with Crippen molar-refractivity contribution in [3.8, 4) is 17.2 Å². The largest absolute Gasteiger partial charge is 0.493 e. The number of nitrogens with one attached hydrogen (secondary N) is 3. The van der Waals surface area contributed by atoms with Gasteiger partial charge in [-0.15, -0.1) is 0 Å². The van der Waals surface area contributed by atoms with Crippen molar-refractivity contribution in [3.05, 3.63) is 47.5 Å². The van der Waals surface area contributed by atoms with Gasteiger partial charge in [-0.1, -0.05) is 32.9 Å². The molecule has 0 spiro atoms. The van der Waals surface area contributed by atoms with Gasteiger partial charge in [-0.2, -0.15) is 0 Å². The molecule has 0 aliphatic carbocycles. The molecule has 0 aromatic heterocycles. The summed E-state index contributed by atoms with van der Waals surface area (Å²) in [6.45, 7) is 6.00. The van der Waals surface area contributed by atoms with E-state index < -0.39 is 11.8 Å². The molecule has 0 heterocycles. The Hall–Kier alpha value is -3.75. The third kappa shape index (κ3) is 7.40. The molecule has 2 aromatic rings. The highest BCUT2D eigenvalue weighted by Crippen LogP contribution is 2.38. The molecule has 1 unspecified atom stereocenters. The Morgan fingerprint density at radius 3 is 1.85 bits per heavy atom. The van der Waals surface area contributed by atoms with Crippen molar-refractivity contribution in [2.45, 2.75) is 39.5 Å². The second kappa shape index (κ2) is 12.5. The molecule has 0 aliphatic rings. The van der Waals surface area contributed by atoms with Crippen LogP contribution < -0.4 is 30.4 Å². The molecule has 0 bridgehead atoms. The summed E-state index contributed by atoms with van der Waals surface area (Å²) in [5.41, 5.74) is 6.85. The fraction of sp³-hybridized carbons (Fsp3) is 0.400. The first-order chi connectivity index (χ1) is 16.2. The van der Waals surface area contributed by atoms with Crippen LogP contribution in [0, 0.1) is 5.92 Å². The molecule has 9 nitrogen and oxygen atoms in total. The van der Waals surface area contributed by atoms with Crippen molar-refractivity contribution in [2.24, 2.45) is 5.92 Å². The van der Waals surface area contributed by atoms with Crippen LogP contribution in [-0.2, 0) is 9.59 Å². The number of hydrazine groups is 1. The molecule has 2 aromatic carbocycles. The lowest BCUT2D eigenvalue weighted by atomic mass is 10.0. The van der Waals surface area contributed by atoms with E-state index in [1.807, 2.05) is 24.3 Å². The standard InChI is InChI=1S/C25H33N3O6/c1-15(2)17-7-9-19(10-8-17)26-22(29)11-16(3)12-23(30)27-28-25(31)18-13-20(32-4)24(34-6)21(14-18)33-5/h7-10,13-16H,11-12H2,1-6H3,(H,26,29)(H,27,30)(H,28,31). The second-order valence-corrected chi connectivity index (χ2v) is 8.25. The van der Waals surface area contributed by atoms with Crippen LogP contribution in [-0.4, -0.2) is 39.1 Å². The number of carbonyl (C=O) groups is 3. The van der Waals surface area contributed by atoms with Crippen LogP contribution in [0.4, 0.5) is 5.69 Å². The fourth-order valence-electron chi connectivity index (χ4n) is 3.33. The van der Waals surface area contributed by atoms with Crippen LogP contribution in [0.1, 0.15) is 55.5 Å². The quantitative estimate of drug-likeness (QED) is 0.456. The molecule has 184 valence electrons. The van der Waals surface area contributed by atoms with Crippen LogP contribution in [0.15, 0.2) is 36.4 Å². The van der Waals surface area contributed by atoms with Crippen molar-refractivity contribution in [3.63, 3.8) is 0 Å². The van der Waals surface area contributed by atoms with E-state index in [4.69, 9.17) is 14.2 Å².